The Morgan fingerprint density at radius 2 is 0.879 bits per heavy atom. The van der Waals surface area contributed by atoms with Crippen molar-refractivity contribution in [1.29, 1.82) is 0 Å². The summed E-state index contributed by atoms with van der Waals surface area (Å²) < 4.78 is 34.8. The van der Waals surface area contributed by atoms with E-state index in [1.54, 1.807) is 7.11 Å². The van der Waals surface area contributed by atoms with E-state index < -0.39 is 0 Å². The first kappa shape index (κ1) is 53.2. The maximum Gasteiger partial charge on any atom is 0.305 e. The number of hydrogen-bond donors (Lipinski definition) is 0. The molecule has 0 N–H and O–H groups in total. The third-order valence-electron chi connectivity index (χ3n) is 10.3. The number of carbonyl (C=O) groups is 3. The number of carbonyl (C=O) groups excluding carboxylic acids is 3. The number of unbranched alkanes of at least 4 members (excludes halogenated alkanes) is 14. The summed E-state index contributed by atoms with van der Waals surface area (Å²) in [5.41, 5.74) is 1.12. The van der Waals surface area contributed by atoms with Crippen molar-refractivity contribution in [2.45, 2.75) is 181 Å². The lowest BCUT2D eigenvalue weighted by Crippen LogP contribution is -2.21. The minimum Gasteiger partial charge on any atom is -0.493 e. The van der Waals surface area contributed by atoms with Gasteiger partial charge in [-0.25, -0.2) is 0 Å². The SMILES string of the molecule is CCCCCCCC(=O)OCC(CCCCOc1cc(CN(C)C)cc(OCCCCC(COC(=O)CCCCCCC)COC(=O)CCCCCCC)c1)COC. The zero-order valence-corrected chi connectivity index (χ0v) is 37.9. The largest absolute Gasteiger partial charge is 0.493 e. The fourth-order valence-electron chi connectivity index (χ4n) is 6.84. The summed E-state index contributed by atoms with van der Waals surface area (Å²) in [7, 11) is 5.78. The van der Waals surface area contributed by atoms with E-state index in [-0.39, 0.29) is 43.0 Å². The summed E-state index contributed by atoms with van der Waals surface area (Å²) in [6, 6.07) is 6.10. The molecule has 10 heteroatoms. The van der Waals surface area contributed by atoms with Crippen molar-refractivity contribution in [3.05, 3.63) is 23.8 Å². The Hall–Kier alpha value is -2.85. The van der Waals surface area contributed by atoms with Crippen LogP contribution in [0.2, 0.25) is 0 Å². The number of hydrogen-bond acceptors (Lipinski definition) is 10. The molecule has 0 fully saturated rings. The first-order chi connectivity index (χ1) is 28.2. The van der Waals surface area contributed by atoms with Crippen molar-refractivity contribution in [3.63, 3.8) is 0 Å². The van der Waals surface area contributed by atoms with Crippen LogP contribution in [0.15, 0.2) is 18.2 Å². The Morgan fingerprint density at radius 3 is 1.24 bits per heavy atom. The van der Waals surface area contributed by atoms with Gasteiger partial charge in [-0.2, -0.15) is 0 Å². The molecule has 0 aliphatic carbocycles. The van der Waals surface area contributed by atoms with Crippen LogP contribution in [0, 0.1) is 11.8 Å². The van der Waals surface area contributed by atoms with Crippen LogP contribution in [0.5, 0.6) is 11.5 Å². The minimum absolute atomic E-state index is 0.0404. The maximum atomic E-state index is 12.5. The van der Waals surface area contributed by atoms with Gasteiger partial charge in [-0.05, 0) is 89.6 Å². The van der Waals surface area contributed by atoms with Crippen molar-refractivity contribution in [3.8, 4) is 11.5 Å². The molecule has 10 nitrogen and oxygen atoms in total. The normalized spacial score (nSPS) is 11.9. The zero-order valence-electron chi connectivity index (χ0n) is 37.9. The third-order valence-corrected chi connectivity index (χ3v) is 10.3. The van der Waals surface area contributed by atoms with Crippen molar-refractivity contribution >= 4 is 17.9 Å². The standard InChI is InChI=1S/C48H85NO9/c1-7-10-13-16-19-28-46(50)56-38-41(37-53-6)26-22-24-31-54-44-33-43(36-49(4)5)34-45(35-44)55-32-25-23-27-42(39-57-47(51)29-20-17-14-11-8-2)40-58-48(52)30-21-18-15-12-9-3/h33-35,41-42H,7-32,36-40H2,1-6H3. The second-order valence-corrected chi connectivity index (χ2v) is 16.5. The van der Waals surface area contributed by atoms with Crippen LogP contribution < -0.4 is 9.47 Å². The van der Waals surface area contributed by atoms with Gasteiger partial charge in [0.15, 0.2) is 0 Å². The van der Waals surface area contributed by atoms with Gasteiger partial charge in [-0.3, -0.25) is 14.4 Å². The van der Waals surface area contributed by atoms with E-state index >= 15 is 0 Å². The van der Waals surface area contributed by atoms with Crippen molar-refractivity contribution in [2.24, 2.45) is 11.8 Å². The highest BCUT2D eigenvalue weighted by Crippen LogP contribution is 2.25. The monoisotopic (exact) mass is 820 g/mol. The summed E-state index contributed by atoms with van der Waals surface area (Å²) in [5.74, 6) is 1.26. The molecule has 1 unspecified atom stereocenters. The third kappa shape index (κ3) is 31.1. The molecule has 0 saturated heterocycles. The van der Waals surface area contributed by atoms with Crippen LogP contribution >= 0.6 is 0 Å². The molecule has 1 aromatic carbocycles. The lowest BCUT2D eigenvalue weighted by Gasteiger charge is -2.18. The molecule has 0 heterocycles. The average Bonchev–Trinajstić information content (AvgIpc) is 3.19. The summed E-state index contributed by atoms with van der Waals surface area (Å²) in [6.07, 6.45) is 22.9. The van der Waals surface area contributed by atoms with Crippen molar-refractivity contribution in [2.75, 3.05) is 60.8 Å². The number of methoxy groups -OCH3 is 1. The number of nitrogens with zero attached hydrogens (tertiary/aromatic N) is 1. The van der Waals surface area contributed by atoms with E-state index in [1.165, 1.54) is 44.9 Å². The van der Waals surface area contributed by atoms with Crippen LogP contribution in [-0.2, 0) is 39.9 Å². The molecule has 1 atom stereocenters. The molecule has 0 amide bonds. The van der Waals surface area contributed by atoms with Gasteiger partial charge in [-0.1, -0.05) is 97.8 Å². The Kier molecular flexibility index (Phi) is 34.1. The lowest BCUT2D eigenvalue weighted by atomic mass is 10.0. The van der Waals surface area contributed by atoms with E-state index in [1.807, 2.05) is 20.2 Å². The second-order valence-electron chi connectivity index (χ2n) is 16.5. The highest BCUT2D eigenvalue weighted by atomic mass is 16.5. The quantitative estimate of drug-likeness (QED) is 0.0360. The zero-order chi connectivity index (χ0) is 42.5. The van der Waals surface area contributed by atoms with Gasteiger partial charge in [0.05, 0.1) is 39.6 Å². The van der Waals surface area contributed by atoms with Crippen LogP contribution in [0.25, 0.3) is 0 Å². The Balaban J connectivity index is 2.60. The summed E-state index contributed by atoms with van der Waals surface area (Å²) in [5, 5.41) is 0. The topological polar surface area (TPSA) is 110 Å². The molecule has 1 rings (SSSR count). The van der Waals surface area contributed by atoms with Gasteiger partial charge in [0, 0.05) is 50.8 Å². The maximum absolute atomic E-state index is 12.5. The van der Waals surface area contributed by atoms with E-state index in [0.717, 1.165) is 113 Å². The Morgan fingerprint density at radius 1 is 0.500 bits per heavy atom. The summed E-state index contributed by atoms with van der Waals surface area (Å²) >= 11 is 0. The van der Waals surface area contributed by atoms with Crippen molar-refractivity contribution in [1.82, 2.24) is 4.90 Å². The predicted molar refractivity (Wildman–Crippen MR) is 234 cm³/mol. The fourth-order valence-corrected chi connectivity index (χ4v) is 6.84. The van der Waals surface area contributed by atoms with E-state index in [9.17, 15) is 14.4 Å². The number of benzene rings is 1. The second kappa shape index (κ2) is 37.2. The molecule has 336 valence electrons. The molecule has 0 bridgehead atoms. The van der Waals surface area contributed by atoms with Gasteiger partial charge in [-0.15, -0.1) is 0 Å². The predicted octanol–water partition coefficient (Wildman–Crippen LogP) is 11.4. The lowest BCUT2D eigenvalue weighted by molar-refractivity contribution is -0.149. The molecule has 0 aliphatic rings. The van der Waals surface area contributed by atoms with Gasteiger partial charge >= 0.3 is 17.9 Å². The number of rotatable bonds is 40. The fraction of sp³-hybridized carbons (Fsp3) is 0.812. The molecule has 0 radical (unpaired) electrons. The smallest absolute Gasteiger partial charge is 0.305 e. The van der Waals surface area contributed by atoms with Gasteiger partial charge in [0.1, 0.15) is 11.5 Å². The van der Waals surface area contributed by atoms with Crippen LogP contribution in [-0.4, -0.2) is 83.7 Å². The molecule has 0 aliphatic heterocycles. The molecule has 0 aromatic heterocycles. The summed E-state index contributed by atoms with van der Waals surface area (Å²) in [4.78, 5) is 39.3. The Labute approximate surface area is 354 Å². The number of esters is 3. The molecular weight excluding hydrogens is 735 g/mol. The molecule has 1 aromatic rings. The van der Waals surface area contributed by atoms with Crippen molar-refractivity contribution < 1.29 is 42.8 Å². The van der Waals surface area contributed by atoms with Crippen LogP contribution in [0.4, 0.5) is 0 Å². The van der Waals surface area contributed by atoms with E-state index in [0.29, 0.717) is 45.7 Å². The number of ether oxygens (including phenoxy) is 6. The van der Waals surface area contributed by atoms with Gasteiger partial charge in [0.25, 0.3) is 0 Å². The molecule has 0 spiro atoms. The average molecular weight is 820 g/mol. The molecular formula is C48H85NO9. The van der Waals surface area contributed by atoms with Gasteiger partial charge < -0.3 is 33.3 Å². The first-order valence-electron chi connectivity index (χ1n) is 23.2. The van der Waals surface area contributed by atoms with Crippen LogP contribution in [0.3, 0.4) is 0 Å². The van der Waals surface area contributed by atoms with Crippen LogP contribution in [0.1, 0.15) is 180 Å². The minimum atomic E-state index is -0.167. The highest BCUT2D eigenvalue weighted by molar-refractivity contribution is 5.70. The molecule has 0 saturated carbocycles. The Bertz CT molecular complexity index is 1130. The van der Waals surface area contributed by atoms with E-state index in [4.69, 9.17) is 28.4 Å². The summed E-state index contributed by atoms with van der Waals surface area (Å²) in [6.45, 7) is 9.94. The van der Waals surface area contributed by atoms with Gasteiger partial charge in [0.2, 0.25) is 0 Å². The van der Waals surface area contributed by atoms with E-state index in [2.05, 4.69) is 37.8 Å². The first-order valence-corrected chi connectivity index (χ1v) is 23.2. The molecule has 58 heavy (non-hydrogen) atoms. The highest BCUT2D eigenvalue weighted by Gasteiger charge is 2.16.